The lowest BCUT2D eigenvalue weighted by Gasteiger charge is -2.31. The molecule has 1 atom stereocenters. The monoisotopic (exact) mass is 381 g/mol. The van der Waals surface area contributed by atoms with Crippen molar-refractivity contribution in [1.82, 2.24) is 4.90 Å². The van der Waals surface area contributed by atoms with Crippen LogP contribution in [0.15, 0.2) is 54.6 Å². The summed E-state index contributed by atoms with van der Waals surface area (Å²) in [6.07, 6.45) is 2.92. The number of piperidine rings is 1. The van der Waals surface area contributed by atoms with E-state index in [1.807, 2.05) is 13.0 Å². The molecule has 2 aromatic carbocycles. The molecule has 0 bridgehead atoms. The molecule has 1 aliphatic heterocycles. The van der Waals surface area contributed by atoms with Crippen molar-refractivity contribution in [2.45, 2.75) is 32.8 Å². The third-order valence-corrected chi connectivity index (χ3v) is 5.19. The first-order valence-electron chi connectivity index (χ1n) is 10.3. The molecule has 0 amide bonds. The van der Waals surface area contributed by atoms with Crippen LogP contribution in [-0.2, 0) is 27.3 Å². The third-order valence-electron chi connectivity index (χ3n) is 5.19. The molecule has 150 valence electrons. The fourth-order valence-corrected chi connectivity index (χ4v) is 3.76. The van der Waals surface area contributed by atoms with Gasteiger partial charge in [-0.2, -0.15) is 0 Å². The maximum atomic E-state index is 11.9. The van der Waals surface area contributed by atoms with Crippen LogP contribution >= 0.6 is 0 Å². The summed E-state index contributed by atoms with van der Waals surface area (Å²) in [6.45, 7) is 6.30. The number of hydrogen-bond acceptors (Lipinski definition) is 4. The zero-order chi connectivity index (χ0) is 19.6. The molecule has 1 heterocycles. The lowest BCUT2D eigenvalue weighted by atomic mass is 9.98. The van der Waals surface area contributed by atoms with Crippen molar-refractivity contribution < 1.29 is 14.3 Å². The molecule has 1 aliphatic rings. The zero-order valence-corrected chi connectivity index (χ0v) is 16.8. The summed E-state index contributed by atoms with van der Waals surface area (Å²) in [5.41, 5.74) is 3.83. The van der Waals surface area contributed by atoms with Gasteiger partial charge in [0.05, 0.1) is 25.7 Å². The van der Waals surface area contributed by atoms with E-state index in [4.69, 9.17) is 9.47 Å². The fourth-order valence-electron chi connectivity index (χ4n) is 3.76. The molecule has 0 N–H and O–H groups in total. The van der Waals surface area contributed by atoms with E-state index in [2.05, 4.69) is 53.4 Å². The van der Waals surface area contributed by atoms with Crippen molar-refractivity contribution in [2.75, 3.05) is 32.8 Å². The highest BCUT2D eigenvalue weighted by molar-refractivity contribution is 5.72. The number of nitrogens with zero attached hydrogens (tertiary/aromatic N) is 1. The largest absolute Gasteiger partial charge is 0.466 e. The van der Waals surface area contributed by atoms with Gasteiger partial charge in [0.1, 0.15) is 0 Å². The second-order valence-electron chi connectivity index (χ2n) is 7.43. The average molecular weight is 382 g/mol. The van der Waals surface area contributed by atoms with E-state index in [-0.39, 0.29) is 11.9 Å². The predicted octanol–water partition coefficient (Wildman–Crippen LogP) is 4.07. The Hall–Kier alpha value is -2.17. The molecule has 1 fully saturated rings. The highest BCUT2D eigenvalue weighted by Gasteiger charge is 2.26. The minimum atomic E-state index is -0.0525. The summed E-state index contributed by atoms with van der Waals surface area (Å²) in [5.74, 6) is -0.0354. The van der Waals surface area contributed by atoms with Gasteiger partial charge in [-0.15, -0.1) is 0 Å². The normalized spacial score (nSPS) is 17.4. The van der Waals surface area contributed by atoms with E-state index in [0.717, 1.165) is 38.9 Å². The standard InChI is InChI=1S/C24H31NO3/c1-2-28-24(26)23-12-7-13-25(18-23)14-15-27-19-22-11-6-10-21(17-22)16-20-8-4-3-5-9-20/h3-6,8-11,17,23H,2,7,12-16,18-19H2,1H3/t23-/m1/s1. The molecule has 0 aliphatic carbocycles. The number of rotatable bonds is 9. The Bertz CT molecular complexity index is 732. The summed E-state index contributed by atoms with van der Waals surface area (Å²) in [5, 5.41) is 0. The quantitative estimate of drug-likeness (QED) is 0.485. The molecule has 0 saturated carbocycles. The minimum absolute atomic E-state index is 0.0170. The van der Waals surface area contributed by atoms with Crippen molar-refractivity contribution in [3.05, 3.63) is 71.3 Å². The Morgan fingerprint density at radius 3 is 2.68 bits per heavy atom. The van der Waals surface area contributed by atoms with Gasteiger partial charge >= 0.3 is 5.97 Å². The Morgan fingerprint density at radius 1 is 1.07 bits per heavy atom. The van der Waals surface area contributed by atoms with E-state index in [9.17, 15) is 4.79 Å². The van der Waals surface area contributed by atoms with E-state index in [1.54, 1.807) is 0 Å². The molecular weight excluding hydrogens is 350 g/mol. The van der Waals surface area contributed by atoms with Crippen LogP contribution in [0.25, 0.3) is 0 Å². The summed E-state index contributed by atoms with van der Waals surface area (Å²) in [4.78, 5) is 14.3. The molecule has 1 saturated heterocycles. The average Bonchev–Trinajstić information content (AvgIpc) is 2.73. The first-order chi connectivity index (χ1) is 13.7. The van der Waals surface area contributed by atoms with Gasteiger partial charge < -0.3 is 14.4 Å². The Morgan fingerprint density at radius 2 is 1.86 bits per heavy atom. The van der Waals surface area contributed by atoms with Crippen molar-refractivity contribution in [3.63, 3.8) is 0 Å². The maximum Gasteiger partial charge on any atom is 0.310 e. The predicted molar refractivity (Wildman–Crippen MR) is 111 cm³/mol. The Labute approximate surface area is 168 Å². The van der Waals surface area contributed by atoms with Gasteiger partial charge in [0.15, 0.2) is 0 Å². The molecular formula is C24H31NO3. The minimum Gasteiger partial charge on any atom is -0.466 e. The van der Waals surface area contributed by atoms with Crippen LogP contribution in [-0.4, -0.2) is 43.7 Å². The number of hydrogen-bond donors (Lipinski definition) is 0. The first-order valence-corrected chi connectivity index (χ1v) is 10.3. The molecule has 0 radical (unpaired) electrons. The lowest BCUT2D eigenvalue weighted by molar-refractivity contribution is -0.150. The molecule has 0 aromatic heterocycles. The molecule has 4 nitrogen and oxygen atoms in total. The van der Waals surface area contributed by atoms with Crippen molar-refractivity contribution in [2.24, 2.45) is 5.92 Å². The fraction of sp³-hybridized carbons (Fsp3) is 0.458. The van der Waals surface area contributed by atoms with Gasteiger partial charge in [-0.05, 0) is 49.4 Å². The number of benzene rings is 2. The van der Waals surface area contributed by atoms with E-state index in [0.29, 0.717) is 19.8 Å². The van der Waals surface area contributed by atoms with Crippen LogP contribution in [0, 0.1) is 5.92 Å². The van der Waals surface area contributed by atoms with Gasteiger partial charge in [0, 0.05) is 13.1 Å². The van der Waals surface area contributed by atoms with Gasteiger partial charge in [0.2, 0.25) is 0 Å². The van der Waals surface area contributed by atoms with Gasteiger partial charge in [-0.25, -0.2) is 0 Å². The number of ether oxygens (including phenoxy) is 2. The highest BCUT2D eigenvalue weighted by Crippen LogP contribution is 2.18. The second-order valence-corrected chi connectivity index (χ2v) is 7.43. The number of likely N-dealkylation sites (tertiary alicyclic amines) is 1. The van der Waals surface area contributed by atoms with Crippen LogP contribution in [0.4, 0.5) is 0 Å². The Balaban J connectivity index is 1.40. The van der Waals surface area contributed by atoms with Gasteiger partial charge in [-0.1, -0.05) is 54.6 Å². The van der Waals surface area contributed by atoms with Crippen LogP contribution < -0.4 is 0 Å². The molecule has 0 spiro atoms. The first kappa shape index (κ1) is 20.6. The second kappa shape index (κ2) is 11.0. The molecule has 2 aromatic rings. The Kier molecular flexibility index (Phi) is 8.07. The number of esters is 1. The highest BCUT2D eigenvalue weighted by atomic mass is 16.5. The maximum absolute atomic E-state index is 11.9. The SMILES string of the molecule is CCOC(=O)[C@@H]1CCCN(CCOCc2cccc(Cc3ccccc3)c2)C1. The van der Waals surface area contributed by atoms with Crippen LogP contribution in [0.5, 0.6) is 0 Å². The topological polar surface area (TPSA) is 38.8 Å². The molecule has 28 heavy (non-hydrogen) atoms. The van der Waals surface area contributed by atoms with Gasteiger partial charge in [0.25, 0.3) is 0 Å². The van der Waals surface area contributed by atoms with E-state index < -0.39 is 0 Å². The number of carbonyl (C=O) groups excluding carboxylic acids is 1. The van der Waals surface area contributed by atoms with Gasteiger partial charge in [-0.3, -0.25) is 4.79 Å². The van der Waals surface area contributed by atoms with E-state index in [1.165, 1.54) is 16.7 Å². The third kappa shape index (κ3) is 6.47. The summed E-state index contributed by atoms with van der Waals surface area (Å²) < 4.78 is 11.1. The lowest BCUT2D eigenvalue weighted by Crippen LogP contribution is -2.40. The van der Waals surface area contributed by atoms with Crippen LogP contribution in [0.2, 0.25) is 0 Å². The molecule has 3 rings (SSSR count). The summed E-state index contributed by atoms with van der Waals surface area (Å²) in [6, 6.07) is 19.1. The molecule has 4 heteroatoms. The van der Waals surface area contributed by atoms with Crippen LogP contribution in [0.3, 0.4) is 0 Å². The van der Waals surface area contributed by atoms with Crippen LogP contribution in [0.1, 0.15) is 36.5 Å². The zero-order valence-electron chi connectivity index (χ0n) is 16.8. The number of carbonyl (C=O) groups is 1. The van der Waals surface area contributed by atoms with Crippen molar-refractivity contribution in [3.8, 4) is 0 Å². The smallest absolute Gasteiger partial charge is 0.310 e. The molecule has 0 unspecified atom stereocenters. The van der Waals surface area contributed by atoms with E-state index >= 15 is 0 Å². The van der Waals surface area contributed by atoms with Crippen molar-refractivity contribution in [1.29, 1.82) is 0 Å². The van der Waals surface area contributed by atoms with Crippen molar-refractivity contribution >= 4 is 5.97 Å². The summed E-state index contributed by atoms with van der Waals surface area (Å²) >= 11 is 0. The summed E-state index contributed by atoms with van der Waals surface area (Å²) in [7, 11) is 0.